The van der Waals surface area contributed by atoms with E-state index < -0.39 is 0 Å². The Kier molecular flexibility index (Phi) is 4.20. The van der Waals surface area contributed by atoms with Crippen molar-refractivity contribution >= 4 is 15.9 Å². The first-order chi connectivity index (χ1) is 9.25. The number of piperazine rings is 1. The molecule has 1 heterocycles. The Morgan fingerprint density at radius 1 is 1.32 bits per heavy atom. The summed E-state index contributed by atoms with van der Waals surface area (Å²) in [5, 5.41) is 3.39. The molecule has 1 aliphatic heterocycles. The van der Waals surface area contributed by atoms with Gasteiger partial charge >= 0.3 is 0 Å². The molecule has 2 aliphatic rings. The fraction of sp³-hybridized carbons (Fsp3) is 0.600. The van der Waals surface area contributed by atoms with Gasteiger partial charge in [-0.2, -0.15) is 0 Å². The zero-order valence-corrected chi connectivity index (χ0v) is 12.6. The lowest BCUT2D eigenvalue weighted by Gasteiger charge is -2.36. The minimum atomic E-state index is -0.145. The zero-order valence-electron chi connectivity index (χ0n) is 11.0. The third-order valence-electron chi connectivity index (χ3n) is 4.19. The van der Waals surface area contributed by atoms with Crippen molar-refractivity contribution in [3.63, 3.8) is 0 Å². The minimum absolute atomic E-state index is 0.145. The number of rotatable bonds is 4. The number of halogens is 2. The average Bonchev–Trinajstić information content (AvgIpc) is 3.25. The third kappa shape index (κ3) is 3.18. The summed E-state index contributed by atoms with van der Waals surface area (Å²) in [6, 6.07) is 5.79. The molecule has 0 amide bonds. The Labute approximate surface area is 122 Å². The van der Waals surface area contributed by atoms with Crippen LogP contribution in [0.1, 0.15) is 30.9 Å². The van der Waals surface area contributed by atoms with Gasteiger partial charge < -0.3 is 5.32 Å². The molecule has 0 aromatic heterocycles. The van der Waals surface area contributed by atoms with Gasteiger partial charge in [-0.3, -0.25) is 4.90 Å². The summed E-state index contributed by atoms with van der Waals surface area (Å²) in [6.45, 7) is 4.18. The second kappa shape index (κ2) is 5.90. The molecule has 0 bridgehead atoms. The standard InChI is InChI=1S/C15H20BrFN2/c16-15-12(2-1-3-13(15)17)14(10-11-4-5-11)19-8-6-18-7-9-19/h1-3,11,14,18H,4-10H2/t14-/m0/s1. The molecule has 3 rings (SSSR count). The minimum Gasteiger partial charge on any atom is -0.314 e. The van der Waals surface area contributed by atoms with E-state index in [1.165, 1.54) is 25.3 Å². The van der Waals surface area contributed by atoms with E-state index in [1.807, 2.05) is 6.07 Å². The van der Waals surface area contributed by atoms with Crippen LogP contribution in [0.25, 0.3) is 0 Å². The predicted octanol–water partition coefficient (Wildman–Crippen LogP) is 3.33. The molecule has 4 heteroatoms. The first-order valence-corrected chi connectivity index (χ1v) is 7.93. The van der Waals surface area contributed by atoms with Crippen LogP contribution in [0.4, 0.5) is 4.39 Å². The van der Waals surface area contributed by atoms with Crippen LogP contribution in [-0.4, -0.2) is 31.1 Å². The quantitative estimate of drug-likeness (QED) is 0.912. The Morgan fingerprint density at radius 3 is 2.74 bits per heavy atom. The number of hydrogen-bond acceptors (Lipinski definition) is 2. The van der Waals surface area contributed by atoms with Crippen LogP contribution in [0.2, 0.25) is 0 Å². The number of benzene rings is 1. The van der Waals surface area contributed by atoms with E-state index in [1.54, 1.807) is 0 Å². The predicted molar refractivity (Wildman–Crippen MR) is 78.6 cm³/mol. The highest BCUT2D eigenvalue weighted by Gasteiger charge is 2.31. The molecule has 2 nitrogen and oxygen atoms in total. The smallest absolute Gasteiger partial charge is 0.137 e. The van der Waals surface area contributed by atoms with Gasteiger partial charge in [0.15, 0.2) is 0 Å². The molecule has 1 saturated heterocycles. The van der Waals surface area contributed by atoms with Crippen LogP contribution in [0.3, 0.4) is 0 Å². The van der Waals surface area contributed by atoms with E-state index in [2.05, 4.69) is 32.2 Å². The van der Waals surface area contributed by atoms with Crippen LogP contribution in [0, 0.1) is 11.7 Å². The van der Waals surface area contributed by atoms with Crippen LogP contribution in [-0.2, 0) is 0 Å². The van der Waals surface area contributed by atoms with Crippen LogP contribution in [0.15, 0.2) is 22.7 Å². The van der Waals surface area contributed by atoms with Crippen molar-refractivity contribution < 1.29 is 4.39 Å². The van der Waals surface area contributed by atoms with E-state index in [-0.39, 0.29) is 5.82 Å². The fourth-order valence-electron chi connectivity index (χ4n) is 2.91. The van der Waals surface area contributed by atoms with Gasteiger partial charge in [-0.1, -0.05) is 25.0 Å². The van der Waals surface area contributed by atoms with Gasteiger partial charge in [0.05, 0.1) is 4.47 Å². The average molecular weight is 327 g/mol. The lowest BCUT2D eigenvalue weighted by atomic mass is 9.98. The third-order valence-corrected chi connectivity index (χ3v) is 5.02. The second-order valence-corrected chi connectivity index (χ2v) is 6.42. The topological polar surface area (TPSA) is 15.3 Å². The van der Waals surface area contributed by atoms with Crippen molar-refractivity contribution in [1.82, 2.24) is 10.2 Å². The maximum atomic E-state index is 13.8. The van der Waals surface area contributed by atoms with Gasteiger partial charge in [0.25, 0.3) is 0 Å². The van der Waals surface area contributed by atoms with Crippen molar-refractivity contribution in [3.05, 3.63) is 34.1 Å². The Morgan fingerprint density at radius 2 is 2.05 bits per heavy atom. The molecule has 104 valence electrons. The molecule has 1 aliphatic carbocycles. The van der Waals surface area contributed by atoms with Crippen molar-refractivity contribution in [1.29, 1.82) is 0 Å². The summed E-state index contributed by atoms with van der Waals surface area (Å²) < 4.78 is 14.4. The second-order valence-electron chi connectivity index (χ2n) is 5.62. The monoisotopic (exact) mass is 326 g/mol. The van der Waals surface area contributed by atoms with Gasteiger partial charge in [0.1, 0.15) is 5.82 Å². The summed E-state index contributed by atoms with van der Waals surface area (Å²) in [5.41, 5.74) is 1.12. The first kappa shape index (κ1) is 13.5. The zero-order chi connectivity index (χ0) is 13.2. The maximum Gasteiger partial charge on any atom is 0.137 e. The summed E-state index contributed by atoms with van der Waals surface area (Å²) in [5.74, 6) is 0.698. The Hall–Kier alpha value is -0.450. The molecule has 1 aromatic carbocycles. The normalized spacial score (nSPS) is 22.4. The molecule has 19 heavy (non-hydrogen) atoms. The van der Waals surface area contributed by atoms with Crippen LogP contribution < -0.4 is 5.32 Å². The molecule has 1 saturated carbocycles. The van der Waals surface area contributed by atoms with Gasteiger partial charge in [-0.15, -0.1) is 0 Å². The van der Waals surface area contributed by atoms with E-state index in [0.717, 1.165) is 37.7 Å². The SMILES string of the molecule is Fc1cccc([C@H](CC2CC2)N2CCNCC2)c1Br. The van der Waals surface area contributed by atoms with Crippen LogP contribution in [0.5, 0.6) is 0 Å². The lowest BCUT2D eigenvalue weighted by Crippen LogP contribution is -2.45. The van der Waals surface area contributed by atoms with E-state index in [9.17, 15) is 4.39 Å². The van der Waals surface area contributed by atoms with Gasteiger partial charge in [-0.05, 0) is 39.9 Å². The van der Waals surface area contributed by atoms with E-state index >= 15 is 0 Å². The number of nitrogens with one attached hydrogen (secondary N) is 1. The van der Waals surface area contributed by atoms with Crippen molar-refractivity contribution in [3.8, 4) is 0 Å². The molecule has 1 N–H and O–H groups in total. The largest absolute Gasteiger partial charge is 0.314 e. The van der Waals surface area contributed by atoms with Crippen molar-refractivity contribution in [2.24, 2.45) is 5.92 Å². The molecular weight excluding hydrogens is 307 g/mol. The van der Waals surface area contributed by atoms with E-state index in [4.69, 9.17) is 0 Å². The lowest BCUT2D eigenvalue weighted by molar-refractivity contribution is 0.159. The first-order valence-electron chi connectivity index (χ1n) is 7.14. The van der Waals surface area contributed by atoms with Gasteiger partial charge in [0.2, 0.25) is 0 Å². The Bertz CT molecular complexity index is 442. The highest BCUT2D eigenvalue weighted by atomic mass is 79.9. The van der Waals surface area contributed by atoms with E-state index in [0.29, 0.717) is 10.5 Å². The summed E-state index contributed by atoms with van der Waals surface area (Å²) in [6.07, 6.45) is 3.85. The molecule has 1 aromatic rings. The molecule has 2 fully saturated rings. The van der Waals surface area contributed by atoms with Crippen LogP contribution >= 0.6 is 15.9 Å². The van der Waals surface area contributed by atoms with Crippen molar-refractivity contribution in [2.75, 3.05) is 26.2 Å². The van der Waals surface area contributed by atoms with Crippen molar-refractivity contribution in [2.45, 2.75) is 25.3 Å². The molecule has 0 unspecified atom stereocenters. The number of hydrogen-bond donors (Lipinski definition) is 1. The highest BCUT2D eigenvalue weighted by molar-refractivity contribution is 9.10. The molecule has 0 spiro atoms. The molecular formula is C15H20BrFN2. The number of nitrogens with zero attached hydrogens (tertiary/aromatic N) is 1. The fourth-order valence-corrected chi connectivity index (χ4v) is 3.44. The summed E-state index contributed by atoms with van der Waals surface area (Å²) in [7, 11) is 0. The highest BCUT2D eigenvalue weighted by Crippen LogP contribution is 2.42. The molecule has 1 atom stereocenters. The maximum absolute atomic E-state index is 13.8. The summed E-state index contributed by atoms with van der Waals surface area (Å²) in [4.78, 5) is 2.51. The van der Waals surface area contributed by atoms with Gasteiger partial charge in [-0.25, -0.2) is 4.39 Å². The summed E-state index contributed by atoms with van der Waals surface area (Å²) >= 11 is 3.44. The molecule has 0 radical (unpaired) electrons. The Balaban J connectivity index is 1.86. The van der Waals surface area contributed by atoms with Gasteiger partial charge in [0, 0.05) is 32.2 Å².